The third-order valence-electron chi connectivity index (χ3n) is 4.48. The molecule has 1 N–H and O–H groups in total. The van der Waals surface area contributed by atoms with Crippen LogP contribution in [0.25, 0.3) is 16.9 Å². The van der Waals surface area contributed by atoms with Crippen LogP contribution in [0.3, 0.4) is 0 Å². The van der Waals surface area contributed by atoms with Crippen molar-refractivity contribution in [3.8, 4) is 16.9 Å². The Balaban J connectivity index is 1.75. The number of nitrogens with one attached hydrogen (secondary N) is 1. The minimum absolute atomic E-state index is 0.0418. The van der Waals surface area contributed by atoms with Gasteiger partial charge in [-0.3, -0.25) is 14.9 Å². The van der Waals surface area contributed by atoms with E-state index in [4.69, 9.17) is 0 Å². The number of nitro benzene ring substituents is 1. The molecule has 0 fully saturated rings. The van der Waals surface area contributed by atoms with Gasteiger partial charge in [0.15, 0.2) is 5.69 Å². The van der Waals surface area contributed by atoms with Gasteiger partial charge in [-0.15, -0.1) is 10.2 Å². The molecule has 1 amide bonds. The number of rotatable bonds is 5. The van der Waals surface area contributed by atoms with Crippen molar-refractivity contribution in [2.75, 3.05) is 5.32 Å². The normalized spacial score (nSPS) is 10.6. The average Bonchev–Trinajstić information content (AvgIpc) is 3.22. The minimum Gasteiger partial charge on any atom is -0.321 e. The minimum atomic E-state index is -0.477. The number of para-hydroxylation sites is 1. The zero-order chi connectivity index (χ0) is 21.1. The Morgan fingerprint density at radius 2 is 1.60 bits per heavy atom. The van der Waals surface area contributed by atoms with Crippen molar-refractivity contribution < 1.29 is 9.72 Å². The topological polar surface area (TPSA) is 103 Å². The number of aromatic nitrogens is 3. The number of non-ortho nitro benzene ring substituents is 1. The zero-order valence-corrected chi connectivity index (χ0v) is 16.0. The van der Waals surface area contributed by atoms with E-state index in [1.807, 2.05) is 49.4 Å². The smallest absolute Gasteiger partial charge is 0.278 e. The van der Waals surface area contributed by atoms with Crippen LogP contribution in [0, 0.1) is 17.0 Å². The lowest BCUT2D eigenvalue weighted by molar-refractivity contribution is -0.384. The number of carbonyl (C=O) groups is 1. The molecule has 0 atom stereocenters. The molecule has 0 saturated heterocycles. The Labute approximate surface area is 171 Å². The molecule has 30 heavy (non-hydrogen) atoms. The monoisotopic (exact) mass is 399 g/mol. The van der Waals surface area contributed by atoms with Crippen molar-refractivity contribution in [1.82, 2.24) is 15.0 Å². The maximum atomic E-state index is 13.0. The summed E-state index contributed by atoms with van der Waals surface area (Å²) in [5, 5.41) is 22.6. The molecule has 0 aliphatic rings. The Kier molecular flexibility index (Phi) is 5.04. The molecule has 1 heterocycles. The third-order valence-corrected chi connectivity index (χ3v) is 4.48. The summed E-state index contributed by atoms with van der Waals surface area (Å²) in [6.07, 6.45) is 0. The van der Waals surface area contributed by atoms with Crippen molar-refractivity contribution >= 4 is 17.3 Å². The van der Waals surface area contributed by atoms with Gasteiger partial charge >= 0.3 is 0 Å². The van der Waals surface area contributed by atoms with E-state index in [-0.39, 0.29) is 11.4 Å². The highest BCUT2D eigenvalue weighted by Crippen LogP contribution is 2.25. The zero-order valence-electron chi connectivity index (χ0n) is 16.0. The molecule has 0 spiro atoms. The van der Waals surface area contributed by atoms with Crippen LogP contribution in [-0.2, 0) is 0 Å². The molecule has 0 radical (unpaired) electrons. The fourth-order valence-corrected chi connectivity index (χ4v) is 2.90. The first kappa shape index (κ1) is 19.0. The molecule has 0 unspecified atom stereocenters. The molecule has 0 aliphatic carbocycles. The van der Waals surface area contributed by atoms with Gasteiger partial charge in [0.25, 0.3) is 11.6 Å². The first-order chi connectivity index (χ1) is 14.5. The quantitative estimate of drug-likeness (QED) is 0.396. The summed E-state index contributed by atoms with van der Waals surface area (Å²) < 4.78 is 0. The summed E-state index contributed by atoms with van der Waals surface area (Å²) in [6.45, 7) is 1.96. The van der Waals surface area contributed by atoms with Crippen molar-refractivity contribution in [3.63, 3.8) is 0 Å². The SMILES string of the molecule is Cc1ccc(NC(=O)c2nn(-c3ccccc3)nc2-c2ccc([N+](=O)[O-])cc2)cc1. The molecular formula is C22H17N5O3. The van der Waals surface area contributed by atoms with Crippen molar-refractivity contribution in [1.29, 1.82) is 0 Å². The Morgan fingerprint density at radius 3 is 2.23 bits per heavy atom. The molecule has 8 heteroatoms. The summed E-state index contributed by atoms with van der Waals surface area (Å²) >= 11 is 0. The number of benzene rings is 3. The van der Waals surface area contributed by atoms with Gasteiger partial charge in [-0.25, -0.2) is 0 Å². The predicted molar refractivity (Wildman–Crippen MR) is 113 cm³/mol. The van der Waals surface area contributed by atoms with E-state index in [0.29, 0.717) is 22.6 Å². The van der Waals surface area contributed by atoms with Crippen LogP contribution in [-0.4, -0.2) is 25.8 Å². The van der Waals surface area contributed by atoms with E-state index < -0.39 is 10.8 Å². The second-order valence-electron chi connectivity index (χ2n) is 6.65. The van der Waals surface area contributed by atoms with Crippen molar-refractivity contribution in [3.05, 3.63) is 100 Å². The van der Waals surface area contributed by atoms with Crippen LogP contribution in [0.5, 0.6) is 0 Å². The first-order valence-electron chi connectivity index (χ1n) is 9.17. The largest absolute Gasteiger partial charge is 0.321 e. The van der Waals surface area contributed by atoms with E-state index in [2.05, 4.69) is 15.5 Å². The van der Waals surface area contributed by atoms with Crippen LogP contribution < -0.4 is 5.32 Å². The van der Waals surface area contributed by atoms with E-state index >= 15 is 0 Å². The standard InChI is InChI=1S/C22H17N5O3/c1-15-7-11-17(12-8-15)23-22(28)21-20(16-9-13-19(14-10-16)27(29)30)24-26(25-21)18-5-3-2-4-6-18/h2-14H,1H3,(H,23,28). The van der Waals surface area contributed by atoms with Gasteiger partial charge in [-0.1, -0.05) is 35.9 Å². The molecule has 4 rings (SSSR count). The second kappa shape index (κ2) is 7.96. The van der Waals surface area contributed by atoms with Crippen molar-refractivity contribution in [2.24, 2.45) is 0 Å². The fraction of sp³-hybridized carbons (Fsp3) is 0.0455. The lowest BCUT2D eigenvalue weighted by Crippen LogP contribution is -2.14. The lowest BCUT2D eigenvalue weighted by atomic mass is 10.1. The number of anilines is 1. The molecule has 4 aromatic rings. The molecule has 0 bridgehead atoms. The maximum absolute atomic E-state index is 13.0. The molecule has 148 valence electrons. The van der Waals surface area contributed by atoms with Crippen LogP contribution in [0.15, 0.2) is 78.9 Å². The number of aryl methyl sites for hydroxylation is 1. The van der Waals surface area contributed by atoms with Crippen LogP contribution >= 0.6 is 0 Å². The van der Waals surface area contributed by atoms with E-state index in [1.54, 1.807) is 24.3 Å². The molecule has 0 aliphatic heterocycles. The highest BCUT2D eigenvalue weighted by Gasteiger charge is 2.21. The van der Waals surface area contributed by atoms with E-state index in [1.165, 1.54) is 16.9 Å². The molecule has 8 nitrogen and oxygen atoms in total. The van der Waals surface area contributed by atoms with Gasteiger partial charge < -0.3 is 5.32 Å². The molecule has 1 aromatic heterocycles. The van der Waals surface area contributed by atoms with E-state index in [0.717, 1.165) is 5.56 Å². The number of hydrogen-bond acceptors (Lipinski definition) is 5. The Hall–Kier alpha value is -4.33. The van der Waals surface area contributed by atoms with Gasteiger partial charge in [0.1, 0.15) is 5.69 Å². The fourth-order valence-electron chi connectivity index (χ4n) is 2.90. The van der Waals surface area contributed by atoms with Crippen LogP contribution in [0.2, 0.25) is 0 Å². The number of nitrogens with zero attached hydrogens (tertiary/aromatic N) is 4. The number of hydrogen-bond donors (Lipinski definition) is 1. The number of nitro groups is 1. The summed E-state index contributed by atoms with van der Waals surface area (Å²) in [5.74, 6) is -0.422. The number of amides is 1. The average molecular weight is 399 g/mol. The van der Waals surface area contributed by atoms with Gasteiger partial charge in [-0.05, 0) is 43.3 Å². The number of carbonyl (C=O) groups excluding carboxylic acids is 1. The third kappa shape index (κ3) is 3.93. The van der Waals surface area contributed by atoms with E-state index in [9.17, 15) is 14.9 Å². The molecular weight excluding hydrogens is 382 g/mol. The Bertz CT molecular complexity index is 1200. The molecule has 0 saturated carbocycles. The van der Waals surface area contributed by atoms with Gasteiger partial charge in [0.2, 0.25) is 0 Å². The lowest BCUT2D eigenvalue weighted by Gasteiger charge is -2.05. The second-order valence-corrected chi connectivity index (χ2v) is 6.65. The van der Waals surface area contributed by atoms with Gasteiger partial charge in [0, 0.05) is 23.4 Å². The molecule has 3 aromatic carbocycles. The van der Waals surface area contributed by atoms with Gasteiger partial charge in [0.05, 0.1) is 10.6 Å². The highest BCUT2D eigenvalue weighted by molar-refractivity contribution is 6.06. The summed E-state index contributed by atoms with van der Waals surface area (Å²) in [6, 6.07) is 22.5. The summed E-state index contributed by atoms with van der Waals surface area (Å²) in [4.78, 5) is 24.8. The van der Waals surface area contributed by atoms with Gasteiger partial charge in [-0.2, -0.15) is 4.80 Å². The first-order valence-corrected chi connectivity index (χ1v) is 9.17. The summed E-state index contributed by atoms with van der Waals surface area (Å²) in [5.41, 5.74) is 3.36. The summed E-state index contributed by atoms with van der Waals surface area (Å²) in [7, 11) is 0. The predicted octanol–water partition coefficient (Wildman–Crippen LogP) is 4.40. The van der Waals surface area contributed by atoms with Crippen molar-refractivity contribution in [2.45, 2.75) is 6.92 Å². The highest BCUT2D eigenvalue weighted by atomic mass is 16.6. The van der Waals surface area contributed by atoms with Crippen LogP contribution in [0.1, 0.15) is 16.1 Å². The Morgan fingerprint density at radius 1 is 0.933 bits per heavy atom. The van der Waals surface area contributed by atoms with Crippen LogP contribution in [0.4, 0.5) is 11.4 Å². The maximum Gasteiger partial charge on any atom is 0.278 e.